The Balaban J connectivity index is 1.15. The van der Waals surface area contributed by atoms with Gasteiger partial charge in [0.05, 0.1) is 36.2 Å². The maximum atomic E-state index is 13.2. The highest BCUT2D eigenvalue weighted by atomic mass is 19.4. The average Bonchev–Trinajstić information content (AvgIpc) is 3.48. The van der Waals surface area contributed by atoms with Crippen LogP contribution in [-0.2, 0) is 19.3 Å². The molecule has 14 heteroatoms. The van der Waals surface area contributed by atoms with Crippen LogP contribution in [0.4, 0.5) is 13.2 Å². The largest absolute Gasteiger partial charge is 0.478 e. The minimum atomic E-state index is -4.46. The first-order valence-corrected chi connectivity index (χ1v) is 12.9. The van der Waals surface area contributed by atoms with Gasteiger partial charge in [0.25, 0.3) is 11.5 Å². The predicted molar refractivity (Wildman–Crippen MR) is 135 cm³/mol. The number of aryl methyl sites for hydroxylation is 1. The third-order valence-electron chi connectivity index (χ3n) is 7.42. The van der Waals surface area contributed by atoms with Crippen LogP contribution in [0.3, 0.4) is 0 Å². The summed E-state index contributed by atoms with van der Waals surface area (Å²) < 4.78 is 48.7. The molecule has 0 bridgehead atoms. The smallest absolute Gasteiger partial charge is 0.416 e. The number of ether oxygens (including phenoxy) is 1. The molecular formula is C26H26F3N7O4. The molecule has 0 aliphatic carbocycles. The molecule has 5 heterocycles. The van der Waals surface area contributed by atoms with Gasteiger partial charge in [-0.15, -0.1) is 0 Å². The number of halogens is 3. The van der Waals surface area contributed by atoms with Gasteiger partial charge in [0, 0.05) is 25.7 Å². The number of piperidine rings is 1. The second-order valence-electron chi connectivity index (χ2n) is 10.2. The Morgan fingerprint density at radius 3 is 2.58 bits per heavy atom. The molecule has 1 amide bonds. The molecule has 1 fully saturated rings. The molecule has 6 rings (SSSR count). The van der Waals surface area contributed by atoms with E-state index in [2.05, 4.69) is 15.2 Å². The molecule has 1 aromatic carbocycles. The van der Waals surface area contributed by atoms with E-state index in [0.29, 0.717) is 30.4 Å². The van der Waals surface area contributed by atoms with Gasteiger partial charge in [-0.05, 0) is 49.9 Å². The number of rotatable bonds is 4. The number of nitrogens with zero attached hydrogens (tertiary/aromatic N) is 7. The summed E-state index contributed by atoms with van der Waals surface area (Å²) in [5.41, 5.74) is -1.65. The van der Waals surface area contributed by atoms with Crippen LogP contribution in [-0.4, -0.2) is 70.3 Å². The van der Waals surface area contributed by atoms with Crippen LogP contribution >= 0.6 is 0 Å². The molecule has 11 nitrogen and oxygen atoms in total. The minimum Gasteiger partial charge on any atom is -0.478 e. The lowest BCUT2D eigenvalue weighted by atomic mass is 9.91. The highest BCUT2D eigenvalue weighted by Gasteiger charge is 2.36. The Morgan fingerprint density at radius 1 is 1.10 bits per heavy atom. The van der Waals surface area contributed by atoms with Gasteiger partial charge in [0.2, 0.25) is 5.88 Å². The number of aliphatic hydroxyl groups is 1. The normalized spacial score (nSPS) is 17.4. The molecule has 4 aromatic rings. The molecule has 2 aliphatic rings. The van der Waals surface area contributed by atoms with Crippen molar-refractivity contribution in [2.75, 3.05) is 19.7 Å². The molecule has 0 atom stereocenters. The Morgan fingerprint density at radius 2 is 1.85 bits per heavy atom. The molecule has 1 saturated heterocycles. The highest BCUT2D eigenvalue weighted by molar-refractivity contribution is 5.92. The van der Waals surface area contributed by atoms with Crippen molar-refractivity contribution in [3.8, 4) is 11.6 Å². The SMILES string of the molecule is O=C(c1cc2n(n1)CCCCO2)N1CCC(O)(Cn2cnc3c(cnn3-c3ccc(C(F)(F)F)cc3)c2=O)CC1. The van der Waals surface area contributed by atoms with Gasteiger partial charge < -0.3 is 14.7 Å². The number of hydrogen-bond acceptors (Lipinski definition) is 7. The van der Waals surface area contributed by atoms with Gasteiger partial charge in [0.1, 0.15) is 11.7 Å². The molecule has 40 heavy (non-hydrogen) atoms. The first-order valence-electron chi connectivity index (χ1n) is 12.9. The van der Waals surface area contributed by atoms with Crippen molar-refractivity contribution < 1.29 is 27.8 Å². The van der Waals surface area contributed by atoms with E-state index in [1.54, 1.807) is 15.6 Å². The third-order valence-corrected chi connectivity index (χ3v) is 7.42. The first-order chi connectivity index (χ1) is 19.1. The van der Waals surface area contributed by atoms with Crippen molar-refractivity contribution in [3.05, 3.63) is 64.5 Å². The van der Waals surface area contributed by atoms with Gasteiger partial charge in [-0.3, -0.25) is 14.2 Å². The quantitative estimate of drug-likeness (QED) is 0.410. The number of carbonyl (C=O) groups is 1. The first kappa shape index (κ1) is 26.0. The van der Waals surface area contributed by atoms with Gasteiger partial charge >= 0.3 is 6.18 Å². The summed E-state index contributed by atoms with van der Waals surface area (Å²) in [6, 6.07) is 6.04. The lowest BCUT2D eigenvalue weighted by Crippen LogP contribution is -2.49. The van der Waals surface area contributed by atoms with E-state index in [9.17, 15) is 27.9 Å². The van der Waals surface area contributed by atoms with Crippen LogP contribution in [0.2, 0.25) is 0 Å². The maximum absolute atomic E-state index is 13.2. The van der Waals surface area contributed by atoms with Crippen LogP contribution in [0.25, 0.3) is 16.7 Å². The van der Waals surface area contributed by atoms with Crippen molar-refractivity contribution in [1.29, 1.82) is 0 Å². The van der Waals surface area contributed by atoms with E-state index < -0.39 is 22.9 Å². The summed E-state index contributed by atoms with van der Waals surface area (Å²) >= 11 is 0. The van der Waals surface area contributed by atoms with E-state index in [-0.39, 0.29) is 49.4 Å². The summed E-state index contributed by atoms with van der Waals surface area (Å²) in [6.07, 6.45) is 0.490. The van der Waals surface area contributed by atoms with Crippen LogP contribution in [0.15, 0.2) is 47.7 Å². The predicted octanol–water partition coefficient (Wildman–Crippen LogP) is 2.64. The Bertz CT molecular complexity index is 1590. The molecule has 2 aliphatic heterocycles. The zero-order valence-corrected chi connectivity index (χ0v) is 21.3. The van der Waals surface area contributed by atoms with Crippen LogP contribution in [0, 0.1) is 0 Å². The molecule has 0 radical (unpaired) electrons. The Kier molecular flexibility index (Phi) is 6.36. The average molecular weight is 558 g/mol. The lowest BCUT2D eigenvalue weighted by molar-refractivity contribution is -0.137. The minimum absolute atomic E-state index is 0.0329. The molecule has 0 spiro atoms. The summed E-state index contributed by atoms with van der Waals surface area (Å²) in [7, 11) is 0. The number of likely N-dealkylation sites (tertiary alicyclic amines) is 1. The van der Waals surface area contributed by atoms with Gasteiger partial charge in [-0.1, -0.05) is 0 Å². The number of aromatic nitrogens is 6. The summed E-state index contributed by atoms with van der Waals surface area (Å²) in [4.78, 5) is 32.2. The van der Waals surface area contributed by atoms with E-state index in [0.717, 1.165) is 25.0 Å². The Labute approximate surface area is 225 Å². The van der Waals surface area contributed by atoms with Crippen molar-refractivity contribution in [3.63, 3.8) is 0 Å². The molecule has 1 N–H and O–H groups in total. The van der Waals surface area contributed by atoms with Crippen LogP contribution < -0.4 is 10.3 Å². The molecule has 0 saturated carbocycles. The van der Waals surface area contributed by atoms with Gasteiger partial charge in [-0.25, -0.2) is 14.3 Å². The second-order valence-corrected chi connectivity index (χ2v) is 10.2. The number of alkyl halides is 3. The number of carbonyl (C=O) groups excluding carboxylic acids is 1. The fourth-order valence-corrected chi connectivity index (χ4v) is 5.13. The molecular weight excluding hydrogens is 531 g/mol. The topological polar surface area (TPSA) is 120 Å². The summed E-state index contributed by atoms with van der Waals surface area (Å²) in [5, 5.41) is 20.0. The zero-order valence-electron chi connectivity index (χ0n) is 21.3. The Hall–Kier alpha value is -4.20. The standard InChI is InChI=1S/C26H26F3N7O4/c27-26(28,29)17-3-5-18(6-4-17)36-22-19(14-31-36)23(37)34(16-30-22)15-25(39)7-10-33(11-8-25)24(38)20-13-21-35(32-20)9-1-2-12-40-21/h3-6,13-14,16,39H,1-2,7-12,15H2. The van der Waals surface area contributed by atoms with Crippen LogP contribution in [0.1, 0.15) is 41.7 Å². The second kappa shape index (κ2) is 9.77. The van der Waals surface area contributed by atoms with Crippen molar-refractivity contribution in [2.45, 2.75) is 50.6 Å². The highest BCUT2D eigenvalue weighted by Crippen LogP contribution is 2.30. The number of benzene rings is 1. The van der Waals surface area contributed by atoms with Crippen LogP contribution in [0.5, 0.6) is 5.88 Å². The number of hydrogen-bond donors (Lipinski definition) is 1. The summed E-state index contributed by atoms with van der Waals surface area (Å²) in [6.45, 7) is 1.82. The third kappa shape index (κ3) is 4.83. The van der Waals surface area contributed by atoms with E-state index in [1.165, 1.54) is 33.9 Å². The van der Waals surface area contributed by atoms with Crippen molar-refractivity contribution in [1.82, 2.24) is 34.0 Å². The summed E-state index contributed by atoms with van der Waals surface area (Å²) in [5.74, 6) is 0.348. The molecule has 210 valence electrons. The number of amides is 1. The lowest BCUT2D eigenvalue weighted by Gasteiger charge is -2.38. The van der Waals surface area contributed by atoms with Gasteiger partial charge in [0.15, 0.2) is 11.3 Å². The van der Waals surface area contributed by atoms with Gasteiger partial charge in [-0.2, -0.15) is 23.4 Å². The molecule has 3 aromatic heterocycles. The van der Waals surface area contributed by atoms with Crippen molar-refractivity contribution in [2.24, 2.45) is 0 Å². The van der Waals surface area contributed by atoms with E-state index >= 15 is 0 Å². The van der Waals surface area contributed by atoms with E-state index in [4.69, 9.17) is 4.74 Å². The molecule has 0 unspecified atom stereocenters. The zero-order chi connectivity index (χ0) is 28.1. The fraction of sp³-hybridized carbons (Fsp3) is 0.423. The number of fused-ring (bicyclic) bond motifs is 2. The van der Waals surface area contributed by atoms with E-state index in [1.807, 2.05) is 0 Å². The van der Waals surface area contributed by atoms with Crippen molar-refractivity contribution >= 4 is 16.9 Å². The fourth-order valence-electron chi connectivity index (χ4n) is 5.13. The maximum Gasteiger partial charge on any atom is 0.416 e. The monoisotopic (exact) mass is 557 g/mol.